The van der Waals surface area contributed by atoms with Gasteiger partial charge >= 0.3 is 0 Å². The standard InChI is InChI=1S/C27H29F2N7O.C2H6/c1-5-18-12-19(7-9-20(18)27(37)34-16(3)13-32-17(4)30)35-25-26-33-14-22(36(26)11-10-31-25)21-8-6-15(2)23(28)24(21)29;1-2/h6-12,14,16H,5,13H2,1-4H3,(H2,30,32)(H,31,35)(H,34,37);1-2H3. The first kappa shape index (κ1) is 29.2. The molecule has 4 aromatic rings. The van der Waals surface area contributed by atoms with Gasteiger partial charge in [0, 0.05) is 35.2 Å². The van der Waals surface area contributed by atoms with Crippen LogP contribution in [0, 0.1) is 18.6 Å². The molecule has 1 atom stereocenters. The second-order valence-electron chi connectivity index (χ2n) is 8.88. The van der Waals surface area contributed by atoms with Gasteiger partial charge in [-0.25, -0.2) is 18.7 Å². The predicted molar refractivity (Wildman–Crippen MR) is 153 cm³/mol. The summed E-state index contributed by atoms with van der Waals surface area (Å²) in [4.78, 5) is 25.8. The van der Waals surface area contributed by atoms with Crippen LogP contribution in [0.1, 0.15) is 56.1 Å². The van der Waals surface area contributed by atoms with Gasteiger partial charge in [-0.2, -0.15) is 0 Å². The fourth-order valence-electron chi connectivity index (χ4n) is 4.00. The van der Waals surface area contributed by atoms with Crippen molar-refractivity contribution in [1.82, 2.24) is 19.7 Å². The Morgan fingerprint density at radius 2 is 1.90 bits per heavy atom. The minimum Gasteiger partial charge on any atom is -0.388 e. The molecule has 0 fully saturated rings. The molecular formula is C29H35F2N7O. The Hall–Kier alpha value is -4.34. The van der Waals surface area contributed by atoms with E-state index >= 15 is 0 Å². The number of anilines is 2. The van der Waals surface area contributed by atoms with E-state index in [2.05, 4.69) is 25.6 Å². The highest BCUT2D eigenvalue weighted by Gasteiger charge is 2.18. The zero-order valence-corrected chi connectivity index (χ0v) is 23.1. The van der Waals surface area contributed by atoms with Crippen LogP contribution in [0.3, 0.4) is 0 Å². The van der Waals surface area contributed by atoms with Gasteiger partial charge in [-0.1, -0.05) is 26.8 Å². The summed E-state index contributed by atoms with van der Waals surface area (Å²) in [5.74, 6) is -1.09. The van der Waals surface area contributed by atoms with Crippen LogP contribution in [-0.2, 0) is 6.42 Å². The van der Waals surface area contributed by atoms with Crippen LogP contribution < -0.4 is 16.4 Å². The average molecular weight is 536 g/mol. The van der Waals surface area contributed by atoms with Crippen molar-refractivity contribution >= 4 is 28.9 Å². The number of aryl methyl sites for hydroxylation is 2. The van der Waals surface area contributed by atoms with Crippen molar-refractivity contribution in [2.45, 2.75) is 54.0 Å². The fraction of sp³-hybridized carbons (Fsp3) is 0.310. The quantitative estimate of drug-likeness (QED) is 0.195. The van der Waals surface area contributed by atoms with E-state index in [-0.39, 0.29) is 23.1 Å². The highest BCUT2D eigenvalue weighted by Crippen LogP contribution is 2.29. The number of fused-ring (bicyclic) bond motifs is 1. The number of halogens is 2. The Balaban J connectivity index is 0.00000205. The van der Waals surface area contributed by atoms with Crippen LogP contribution in [0.15, 0.2) is 53.9 Å². The molecule has 8 nitrogen and oxygen atoms in total. The van der Waals surface area contributed by atoms with E-state index < -0.39 is 11.6 Å². The molecule has 206 valence electrons. The lowest BCUT2D eigenvalue weighted by molar-refractivity contribution is 0.0940. The van der Waals surface area contributed by atoms with Crippen LogP contribution in [-0.4, -0.2) is 38.7 Å². The van der Waals surface area contributed by atoms with E-state index in [1.54, 1.807) is 35.9 Å². The zero-order valence-electron chi connectivity index (χ0n) is 23.1. The summed E-state index contributed by atoms with van der Waals surface area (Å²) in [7, 11) is 0. The monoisotopic (exact) mass is 535 g/mol. The predicted octanol–water partition coefficient (Wildman–Crippen LogP) is 5.81. The maximum absolute atomic E-state index is 14.7. The Kier molecular flexibility index (Phi) is 9.70. The Morgan fingerprint density at radius 1 is 1.15 bits per heavy atom. The van der Waals surface area contributed by atoms with E-state index in [4.69, 9.17) is 5.73 Å². The maximum atomic E-state index is 14.7. The summed E-state index contributed by atoms with van der Waals surface area (Å²) < 4.78 is 30.5. The van der Waals surface area contributed by atoms with Crippen LogP contribution in [0.2, 0.25) is 0 Å². The number of amides is 1. The zero-order chi connectivity index (χ0) is 28.7. The number of aromatic nitrogens is 3. The topological polar surface area (TPSA) is 110 Å². The lowest BCUT2D eigenvalue weighted by atomic mass is 10.0. The molecule has 0 bridgehead atoms. The van der Waals surface area contributed by atoms with Crippen LogP contribution in [0.25, 0.3) is 16.9 Å². The van der Waals surface area contributed by atoms with Gasteiger partial charge < -0.3 is 16.4 Å². The van der Waals surface area contributed by atoms with Crippen LogP contribution in [0.4, 0.5) is 20.3 Å². The van der Waals surface area contributed by atoms with E-state index in [9.17, 15) is 13.6 Å². The van der Waals surface area contributed by atoms with Gasteiger partial charge in [-0.3, -0.25) is 14.2 Å². The highest BCUT2D eigenvalue weighted by atomic mass is 19.2. The van der Waals surface area contributed by atoms with Crippen molar-refractivity contribution in [3.8, 4) is 11.3 Å². The molecule has 1 unspecified atom stereocenters. The third-order valence-electron chi connectivity index (χ3n) is 5.96. The molecule has 4 rings (SSSR count). The molecule has 2 aromatic heterocycles. The average Bonchev–Trinajstić information content (AvgIpc) is 3.36. The fourth-order valence-corrected chi connectivity index (χ4v) is 4.00. The second-order valence-corrected chi connectivity index (χ2v) is 8.88. The molecule has 4 N–H and O–H groups in total. The first-order valence-corrected chi connectivity index (χ1v) is 12.9. The largest absolute Gasteiger partial charge is 0.388 e. The molecule has 2 aromatic carbocycles. The highest BCUT2D eigenvalue weighted by molar-refractivity contribution is 5.96. The Labute approximate surface area is 227 Å². The number of nitrogens with one attached hydrogen (secondary N) is 2. The van der Waals surface area contributed by atoms with Crippen LogP contribution >= 0.6 is 0 Å². The van der Waals surface area contributed by atoms with Crippen molar-refractivity contribution in [2.75, 3.05) is 11.9 Å². The summed E-state index contributed by atoms with van der Waals surface area (Å²) in [6.07, 6.45) is 5.31. The first-order chi connectivity index (χ1) is 18.7. The number of nitrogens with zero attached hydrogens (tertiary/aromatic N) is 4. The van der Waals surface area contributed by atoms with Crippen molar-refractivity contribution in [3.05, 3.63) is 77.2 Å². The molecule has 0 radical (unpaired) electrons. The molecule has 0 saturated heterocycles. The van der Waals surface area contributed by atoms with Gasteiger partial charge in [0.1, 0.15) is 0 Å². The summed E-state index contributed by atoms with van der Waals surface area (Å²) in [6, 6.07) is 8.31. The molecule has 0 spiro atoms. The van der Waals surface area contributed by atoms with Gasteiger partial charge in [-0.05, 0) is 62.6 Å². The Morgan fingerprint density at radius 3 is 2.59 bits per heavy atom. The summed E-state index contributed by atoms with van der Waals surface area (Å²) in [6.45, 7) is 11.5. The normalized spacial score (nSPS) is 12.1. The number of amidine groups is 1. The lowest BCUT2D eigenvalue weighted by Crippen LogP contribution is -2.35. The summed E-state index contributed by atoms with van der Waals surface area (Å²) in [5.41, 5.74) is 8.90. The molecule has 10 heteroatoms. The van der Waals surface area contributed by atoms with Crippen molar-refractivity contribution in [2.24, 2.45) is 10.7 Å². The number of imidazole rings is 1. The number of benzene rings is 2. The van der Waals surface area contributed by atoms with Crippen molar-refractivity contribution in [3.63, 3.8) is 0 Å². The van der Waals surface area contributed by atoms with Crippen molar-refractivity contribution < 1.29 is 13.6 Å². The second kappa shape index (κ2) is 12.9. The number of carbonyl (C=O) groups excluding carboxylic acids is 1. The van der Waals surface area contributed by atoms with E-state index in [1.165, 1.54) is 25.3 Å². The molecule has 0 aliphatic rings. The third-order valence-corrected chi connectivity index (χ3v) is 5.96. The summed E-state index contributed by atoms with van der Waals surface area (Å²) in [5, 5.41) is 6.18. The molecule has 1 amide bonds. The van der Waals surface area contributed by atoms with E-state index in [1.807, 2.05) is 33.8 Å². The number of rotatable bonds is 8. The molecule has 0 aliphatic heterocycles. The lowest BCUT2D eigenvalue weighted by Gasteiger charge is -2.15. The minimum absolute atomic E-state index is 0.109. The molecular weight excluding hydrogens is 500 g/mol. The smallest absolute Gasteiger partial charge is 0.251 e. The molecule has 2 heterocycles. The molecule has 39 heavy (non-hydrogen) atoms. The van der Waals surface area contributed by atoms with Crippen LogP contribution in [0.5, 0.6) is 0 Å². The van der Waals surface area contributed by atoms with E-state index in [0.717, 1.165) is 5.56 Å². The van der Waals surface area contributed by atoms with Crippen molar-refractivity contribution in [1.29, 1.82) is 0 Å². The SMILES string of the molecule is CC.CCc1cc(Nc2nccn3c(-c4ccc(C)c(F)c4F)cnc23)ccc1C(=O)NC(C)CN=C(C)N. The van der Waals surface area contributed by atoms with Gasteiger partial charge in [0.05, 0.1) is 24.3 Å². The number of hydrogen-bond acceptors (Lipinski definition) is 5. The van der Waals surface area contributed by atoms with Gasteiger partial charge in [0.15, 0.2) is 23.1 Å². The first-order valence-electron chi connectivity index (χ1n) is 12.9. The summed E-state index contributed by atoms with van der Waals surface area (Å²) >= 11 is 0. The third kappa shape index (κ3) is 6.57. The maximum Gasteiger partial charge on any atom is 0.251 e. The minimum atomic E-state index is -0.922. The van der Waals surface area contributed by atoms with Gasteiger partial charge in [0.25, 0.3) is 5.91 Å². The molecule has 0 saturated carbocycles. The number of aliphatic imine (C=N–C) groups is 1. The number of nitrogens with two attached hydrogens (primary N) is 1. The van der Waals surface area contributed by atoms with Gasteiger partial charge in [0.2, 0.25) is 0 Å². The Bertz CT molecular complexity index is 1490. The number of hydrogen-bond donors (Lipinski definition) is 3. The van der Waals surface area contributed by atoms with Gasteiger partial charge in [-0.15, -0.1) is 0 Å². The molecule has 0 aliphatic carbocycles. The number of carbonyl (C=O) groups is 1. The van der Waals surface area contributed by atoms with E-state index in [0.29, 0.717) is 47.2 Å².